The van der Waals surface area contributed by atoms with Gasteiger partial charge in [0, 0.05) is 0 Å². The Morgan fingerprint density at radius 3 is 2.20 bits per heavy atom. The van der Waals surface area contributed by atoms with Crippen molar-refractivity contribution >= 4 is 10.1 Å². The van der Waals surface area contributed by atoms with Gasteiger partial charge in [0.25, 0.3) is 10.1 Å². The van der Waals surface area contributed by atoms with Crippen molar-refractivity contribution in [3.8, 4) is 0 Å². The van der Waals surface area contributed by atoms with E-state index in [2.05, 4.69) is 0 Å². The van der Waals surface area contributed by atoms with Crippen molar-refractivity contribution in [3.63, 3.8) is 0 Å². The predicted molar refractivity (Wildman–Crippen MR) is 36.2 cm³/mol. The summed E-state index contributed by atoms with van der Waals surface area (Å²) in [4.78, 5) is 0. The van der Waals surface area contributed by atoms with Crippen molar-refractivity contribution < 1.29 is 17.4 Å². The number of unbranched alkanes of at least 4 members (excludes halogenated alkanes) is 2. The molecule has 3 nitrogen and oxygen atoms in total. The molecule has 0 aromatic heterocycles. The number of alkyl halides is 1. The van der Waals surface area contributed by atoms with E-state index < -0.39 is 16.8 Å². The Morgan fingerprint density at radius 2 is 1.80 bits per heavy atom. The monoisotopic (exact) mass is 170 g/mol. The summed E-state index contributed by atoms with van der Waals surface area (Å²) in [7, 11) is -3.83. The molecular weight excluding hydrogens is 159 g/mol. The van der Waals surface area contributed by atoms with E-state index >= 15 is 0 Å². The molecule has 10 heavy (non-hydrogen) atoms. The van der Waals surface area contributed by atoms with E-state index in [4.69, 9.17) is 4.55 Å². The first-order valence-electron chi connectivity index (χ1n) is 3.07. The van der Waals surface area contributed by atoms with E-state index in [1.165, 1.54) is 0 Å². The summed E-state index contributed by atoms with van der Waals surface area (Å²) in [6.07, 6.45) is 1.22. The molecule has 0 aliphatic carbocycles. The van der Waals surface area contributed by atoms with Crippen LogP contribution in [-0.2, 0) is 10.1 Å². The van der Waals surface area contributed by atoms with E-state index in [1.54, 1.807) is 0 Å². The third kappa shape index (κ3) is 7.84. The van der Waals surface area contributed by atoms with Gasteiger partial charge in [0.05, 0.1) is 12.4 Å². The van der Waals surface area contributed by atoms with Gasteiger partial charge in [-0.2, -0.15) is 8.42 Å². The van der Waals surface area contributed by atoms with Gasteiger partial charge in [0.2, 0.25) is 0 Å². The van der Waals surface area contributed by atoms with Crippen LogP contribution in [0.4, 0.5) is 4.39 Å². The lowest BCUT2D eigenvalue weighted by Gasteiger charge is -1.94. The molecule has 1 N–H and O–H groups in total. The van der Waals surface area contributed by atoms with Crippen LogP contribution in [0.1, 0.15) is 19.3 Å². The van der Waals surface area contributed by atoms with Crippen LogP contribution in [0.5, 0.6) is 0 Å². The van der Waals surface area contributed by atoms with Gasteiger partial charge in [-0.05, 0) is 19.3 Å². The third-order valence-electron chi connectivity index (χ3n) is 1.04. The average Bonchev–Trinajstić information content (AvgIpc) is 1.78. The van der Waals surface area contributed by atoms with Gasteiger partial charge >= 0.3 is 0 Å². The Hall–Kier alpha value is -0.160. The fraction of sp³-hybridized carbons (Fsp3) is 1.00. The number of halogens is 1. The van der Waals surface area contributed by atoms with E-state index in [0.29, 0.717) is 19.3 Å². The quantitative estimate of drug-likeness (QED) is 0.495. The molecule has 0 fully saturated rings. The first kappa shape index (κ1) is 9.84. The Balaban J connectivity index is 3.21. The van der Waals surface area contributed by atoms with Crippen LogP contribution in [0.25, 0.3) is 0 Å². The highest BCUT2D eigenvalue weighted by molar-refractivity contribution is 7.85. The second kappa shape index (κ2) is 4.62. The Morgan fingerprint density at radius 1 is 1.20 bits per heavy atom. The van der Waals surface area contributed by atoms with Crippen molar-refractivity contribution in [3.05, 3.63) is 0 Å². The molecule has 0 unspecified atom stereocenters. The van der Waals surface area contributed by atoms with Gasteiger partial charge in [0.1, 0.15) is 0 Å². The molecule has 0 aliphatic heterocycles. The molecule has 0 radical (unpaired) electrons. The number of rotatable bonds is 5. The maximum Gasteiger partial charge on any atom is 0.264 e. The topological polar surface area (TPSA) is 54.4 Å². The summed E-state index contributed by atoms with van der Waals surface area (Å²) in [5.41, 5.74) is 0. The Kier molecular flexibility index (Phi) is 4.55. The lowest BCUT2D eigenvalue weighted by molar-refractivity contribution is 0.452. The van der Waals surface area contributed by atoms with Crippen molar-refractivity contribution in [1.82, 2.24) is 0 Å². The fourth-order valence-electron chi connectivity index (χ4n) is 0.556. The first-order valence-corrected chi connectivity index (χ1v) is 4.68. The lowest BCUT2D eigenvalue weighted by Crippen LogP contribution is -2.03. The molecule has 0 aliphatic rings. The van der Waals surface area contributed by atoms with Gasteiger partial charge in [-0.15, -0.1) is 0 Å². The summed E-state index contributed by atoms with van der Waals surface area (Å²) < 4.78 is 39.7. The maximum atomic E-state index is 11.4. The standard InChI is InChI=1S/C5H11FO3S/c6-4-2-1-3-5-10(7,8)9/h1-5H2,(H,7,8,9). The normalized spacial score (nSPS) is 11.8. The SMILES string of the molecule is O=S(=O)(O)CCCCCF. The summed E-state index contributed by atoms with van der Waals surface area (Å²) >= 11 is 0. The van der Waals surface area contributed by atoms with Gasteiger partial charge in [-0.1, -0.05) is 0 Å². The number of hydrogen-bond acceptors (Lipinski definition) is 2. The van der Waals surface area contributed by atoms with Crippen molar-refractivity contribution in [2.24, 2.45) is 0 Å². The van der Waals surface area contributed by atoms with Crippen LogP contribution >= 0.6 is 0 Å². The molecule has 0 saturated heterocycles. The van der Waals surface area contributed by atoms with Crippen LogP contribution in [0, 0.1) is 0 Å². The van der Waals surface area contributed by atoms with Crippen LogP contribution in [0.15, 0.2) is 0 Å². The molecular formula is C5H11FO3S. The van der Waals surface area contributed by atoms with Crippen molar-refractivity contribution in [1.29, 1.82) is 0 Å². The van der Waals surface area contributed by atoms with Crippen LogP contribution < -0.4 is 0 Å². The lowest BCUT2D eigenvalue weighted by atomic mass is 10.3. The van der Waals surface area contributed by atoms with Gasteiger partial charge in [-0.3, -0.25) is 8.94 Å². The highest BCUT2D eigenvalue weighted by Gasteiger charge is 2.02. The van der Waals surface area contributed by atoms with E-state index in [-0.39, 0.29) is 5.75 Å². The first-order chi connectivity index (χ1) is 4.56. The molecule has 0 amide bonds. The molecule has 0 heterocycles. The number of hydrogen-bond donors (Lipinski definition) is 1. The fourth-order valence-corrected chi connectivity index (χ4v) is 1.12. The molecule has 0 aromatic carbocycles. The summed E-state index contributed by atoms with van der Waals surface area (Å²) in [6, 6.07) is 0. The molecule has 5 heteroatoms. The highest BCUT2D eigenvalue weighted by atomic mass is 32.2. The average molecular weight is 170 g/mol. The van der Waals surface area contributed by atoms with Gasteiger partial charge < -0.3 is 0 Å². The molecule has 62 valence electrons. The zero-order chi connectivity index (χ0) is 8.04. The minimum absolute atomic E-state index is 0.257. The molecule has 0 spiro atoms. The highest BCUT2D eigenvalue weighted by Crippen LogP contribution is 1.97. The summed E-state index contributed by atoms with van der Waals surface area (Å²) in [5.74, 6) is -0.257. The van der Waals surface area contributed by atoms with E-state index in [0.717, 1.165) is 0 Å². The zero-order valence-corrected chi connectivity index (χ0v) is 6.40. The third-order valence-corrected chi connectivity index (χ3v) is 1.84. The predicted octanol–water partition coefficient (Wildman–Crippen LogP) is 1.01. The smallest absolute Gasteiger partial charge is 0.264 e. The minimum atomic E-state index is -3.83. The van der Waals surface area contributed by atoms with Crippen LogP contribution in [0.2, 0.25) is 0 Å². The molecule has 0 bridgehead atoms. The van der Waals surface area contributed by atoms with Gasteiger partial charge in [-0.25, -0.2) is 0 Å². The summed E-state index contributed by atoms with van der Waals surface area (Å²) in [6.45, 7) is -0.425. The Labute approximate surface area is 60.0 Å². The molecule has 0 rings (SSSR count). The molecule has 0 saturated carbocycles. The van der Waals surface area contributed by atoms with E-state index in [1.807, 2.05) is 0 Å². The maximum absolute atomic E-state index is 11.4. The van der Waals surface area contributed by atoms with E-state index in [9.17, 15) is 12.8 Å². The largest absolute Gasteiger partial charge is 0.286 e. The van der Waals surface area contributed by atoms with Crippen LogP contribution in [0.3, 0.4) is 0 Å². The van der Waals surface area contributed by atoms with Crippen molar-refractivity contribution in [2.75, 3.05) is 12.4 Å². The van der Waals surface area contributed by atoms with Crippen molar-refractivity contribution in [2.45, 2.75) is 19.3 Å². The second-order valence-electron chi connectivity index (χ2n) is 2.04. The zero-order valence-electron chi connectivity index (χ0n) is 5.59. The minimum Gasteiger partial charge on any atom is -0.286 e. The molecule has 0 aromatic rings. The molecule has 0 atom stereocenters. The van der Waals surface area contributed by atoms with Crippen LogP contribution in [-0.4, -0.2) is 25.4 Å². The Bertz CT molecular complexity index is 164. The van der Waals surface area contributed by atoms with Gasteiger partial charge in [0.15, 0.2) is 0 Å². The second-order valence-corrected chi connectivity index (χ2v) is 3.61. The summed E-state index contributed by atoms with van der Waals surface area (Å²) in [5, 5.41) is 0.